The Kier molecular flexibility index (Phi) is 4.24. The summed E-state index contributed by atoms with van der Waals surface area (Å²) in [5.41, 5.74) is 0. The third kappa shape index (κ3) is 2.65. The van der Waals surface area contributed by atoms with Crippen molar-refractivity contribution in [3.05, 3.63) is 6.92 Å². The zero-order valence-electron chi connectivity index (χ0n) is 2.45. The minimum absolute atomic E-state index is 1.07. The third-order valence-electron chi connectivity index (χ3n) is 0.118. The molecule has 1 heteroatoms. The van der Waals surface area contributed by atoms with Crippen molar-refractivity contribution in [2.45, 2.75) is 11.4 Å². The molecule has 0 N–H and O–H groups in total. The first-order valence-corrected chi connectivity index (χ1v) is 2.93. The Bertz CT molecular complexity index is 5.25. The van der Waals surface area contributed by atoms with Gasteiger partial charge >= 0.3 is 37.2 Å². The van der Waals surface area contributed by atoms with Crippen LogP contribution in [0.1, 0.15) is 6.42 Å². The fourth-order valence-electron chi connectivity index (χ4n) is 0. The molecular weight excluding hydrogens is 228 g/mol. The van der Waals surface area contributed by atoms with E-state index in [2.05, 4.69) is 25.8 Å². The van der Waals surface area contributed by atoms with Crippen molar-refractivity contribution in [2.75, 3.05) is 0 Å². The zero-order chi connectivity index (χ0) is 3.41. The van der Waals surface area contributed by atoms with Gasteiger partial charge in [-0.25, -0.2) is 0 Å². The molecule has 0 amide bonds. The molecule has 0 aliphatic rings. The average molecular weight is 234 g/mol. The van der Waals surface area contributed by atoms with Crippen LogP contribution < -0.4 is 0 Å². The molecule has 0 nitrogen and oxygen atoms in total. The number of rotatable bonds is 1. The van der Waals surface area contributed by atoms with Crippen LogP contribution in [0.25, 0.3) is 0 Å². The SMILES string of the molecule is [CH2]C[CH2][Ir]. The summed E-state index contributed by atoms with van der Waals surface area (Å²) < 4.78 is 0. The van der Waals surface area contributed by atoms with E-state index < -0.39 is 0 Å². The molecule has 0 atom stereocenters. The van der Waals surface area contributed by atoms with E-state index >= 15 is 0 Å². The van der Waals surface area contributed by atoms with Gasteiger partial charge in [0.15, 0.2) is 0 Å². The van der Waals surface area contributed by atoms with E-state index in [1.54, 1.807) is 0 Å². The first kappa shape index (κ1) is 4.65. The summed E-state index contributed by atoms with van der Waals surface area (Å²) in [6.07, 6.45) is 1.07. The van der Waals surface area contributed by atoms with Crippen LogP contribution in [0.3, 0.4) is 0 Å². The van der Waals surface area contributed by atoms with Gasteiger partial charge in [0.1, 0.15) is 0 Å². The van der Waals surface area contributed by atoms with E-state index in [0.29, 0.717) is 0 Å². The topological polar surface area (TPSA) is 0 Å². The summed E-state index contributed by atoms with van der Waals surface area (Å²) in [6, 6.07) is 0. The van der Waals surface area contributed by atoms with Crippen molar-refractivity contribution in [2.24, 2.45) is 0 Å². The summed E-state index contributed by atoms with van der Waals surface area (Å²) in [5, 5.41) is 0. The van der Waals surface area contributed by atoms with E-state index in [1.807, 2.05) is 0 Å². The number of hydrogen-bond donors (Lipinski definition) is 0. The molecule has 0 bridgehead atoms. The standard InChI is InChI=1S/C3H6.Ir/c1-3-2;/h1-3H2;. The van der Waals surface area contributed by atoms with E-state index in [-0.39, 0.29) is 0 Å². The first-order chi connectivity index (χ1) is 1.91. The second-order valence-corrected chi connectivity index (χ2v) is 1.72. The molecule has 0 heterocycles. The van der Waals surface area contributed by atoms with E-state index in [1.165, 1.54) is 4.93 Å². The Morgan fingerprint density at radius 3 is 2.00 bits per heavy atom. The van der Waals surface area contributed by atoms with Gasteiger partial charge in [-0.05, 0) is 0 Å². The van der Waals surface area contributed by atoms with Crippen LogP contribution in [0.4, 0.5) is 0 Å². The van der Waals surface area contributed by atoms with Crippen molar-refractivity contribution in [1.29, 1.82) is 0 Å². The summed E-state index contributed by atoms with van der Waals surface area (Å²) in [4.78, 5) is 1.21. The summed E-state index contributed by atoms with van der Waals surface area (Å²) in [7, 11) is 0. The summed E-state index contributed by atoms with van der Waals surface area (Å²) in [5.74, 6) is 0. The van der Waals surface area contributed by atoms with Crippen LogP contribution in [0.2, 0.25) is 4.93 Å². The molecule has 27 valence electrons. The predicted octanol–water partition coefficient (Wildman–Crippen LogP) is 1.18. The summed E-state index contributed by atoms with van der Waals surface area (Å²) >= 11 is 2.12. The maximum absolute atomic E-state index is 3.60. The molecule has 0 aliphatic carbocycles. The molecule has 0 aliphatic heterocycles. The molecule has 0 aromatic heterocycles. The van der Waals surface area contributed by atoms with Crippen LogP contribution >= 0.6 is 0 Å². The molecule has 0 saturated carbocycles. The maximum atomic E-state index is 3.60. The zero-order valence-corrected chi connectivity index (χ0v) is 4.85. The van der Waals surface area contributed by atoms with E-state index in [4.69, 9.17) is 0 Å². The molecule has 0 saturated heterocycles. The second-order valence-electron chi connectivity index (χ2n) is 0.520. The molecule has 0 spiro atoms. The van der Waals surface area contributed by atoms with Gasteiger partial charge in [-0.15, -0.1) is 0 Å². The van der Waals surface area contributed by atoms with E-state index in [0.717, 1.165) is 6.42 Å². The van der Waals surface area contributed by atoms with Crippen LogP contribution in [-0.4, -0.2) is 0 Å². The molecule has 1 radical (unpaired) electrons. The molecule has 0 fully saturated rings. The van der Waals surface area contributed by atoms with Crippen LogP contribution in [0.15, 0.2) is 0 Å². The number of hydrogen-bond acceptors (Lipinski definition) is 0. The van der Waals surface area contributed by atoms with Gasteiger partial charge in [0.2, 0.25) is 0 Å². The van der Waals surface area contributed by atoms with Gasteiger partial charge in [0, 0.05) is 0 Å². The van der Waals surface area contributed by atoms with Crippen molar-refractivity contribution in [1.82, 2.24) is 0 Å². The first-order valence-electron chi connectivity index (χ1n) is 1.24. The van der Waals surface area contributed by atoms with Crippen molar-refractivity contribution >= 4 is 0 Å². The van der Waals surface area contributed by atoms with Crippen molar-refractivity contribution < 1.29 is 18.9 Å². The van der Waals surface area contributed by atoms with Gasteiger partial charge in [-0.1, -0.05) is 0 Å². The van der Waals surface area contributed by atoms with Gasteiger partial charge in [0.05, 0.1) is 0 Å². The average Bonchev–Trinajstić information content (AvgIpc) is 1.37. The van der Waals surface area contributed by atoms with Crippen molar-refractivity contribution in [3.63, 3.8) is 0 Å². The molecule has 0 aromatic carbocycles. The van der Waals surface area contributed by atoms with Gasteiger partial charge in [0.25, 0.3) is 0 Å². The Morgan fingerprint density at radius 2 is 2.00 bits per heavy atom. The van der Waals surface area contributed by atoms with Crippen LogP contribution in [0.5, 0.6) is 0 Å². The van der Waals surface area contributed by atoms with Gasteiger partial charge in [-0.3, -0.25) is 0 Å². The molecule has 0 unspecified atom stereocenters. The Labute approximate surface area is 37.8 Å². The molecule has 0 rings (SSSR count). The van der Waals surface area contributed by atoms with Crippen LogP contribution in [-0.2, 0) is 18.9 Å². The monoisotopic (exact) mass is 235 g/mol. The second kappa shape index (κ2) is 3.65. The fraction of sp³-hybridized carbons (Fsp3) is 0.667. The predicted molar refractivity (Wildman–Crippen MR) is 14.8 cm³/mol. The molecule has 4 heavy (non-hydrogen) atoms. The van der Waals surface area contributed by atoms with Gasteiger partial charge < -0.3 is 0 Å². The minimum atomic E-state index is 1.07. The Hall–Kier alpha value is 0.649. The molecular formula is C3H6Ir. The Balaban J connectivity index is 1.97. The third-order valence-corrected chi connectivity index (χ3v) is 0.965. The van der Waals surface area contributed by atoms with Crippen molar-refractivity contribution in [3.8, 4) is 0 Å². The van der Waals surface area contributed by atoms with Gasteiger partial charge in [-0.2, -0.15) is 0 Å². The molecule has 0 aromatic rings. The Morgan fingerprint density at radius 1 is 1.75 bits per heavy atom. The summed E-state index contributed by atoms with van der Waals surface area (Å²) in [6.45, 7) is 3.60. The van der Waals surface area contributed by atoms with E-state index in [9.17, 15) is 0 Å². The quantitative estimate of drug-likeness (QED) is 0.639. The fourth-order valence-corrected chi connectivity index (χ4v) is 0. The van der Waals surface area contributed by atoms with Crippen LogP contribution in [0, 0.1) is 6.92 Å². The normalized spacial score (nSPS) is 7.75.